The molecular formula is C12H10BrFN2O. The van der Waals surface area contributed by atoms with Gasteiger partial charge in [-0.1, -0.05) is 22.0 Å². The molecule has 5 heteroatoms. The highest BCUT2D eigenvalue weighted by Crippen LogP contribution is 2.22. The summed E-state index contributed by atoms with van der Waals surface area (Å²) in [7, 11) is 0. The first kappa shape index (κ1) is 11.9. The highest BCUT2D eigenvalue weighted by atomic mass is 79.9. The highest BCUT2D eigenvalue weighted by molar-refractivity contribution is 9.10. The van der Waals surface area contributed by atoms with Crippen LogP contribution in [0.5, 0.6) is 5.75 Å². The third-order valence-electron chi connectivity index (χ3n) is 2.10. The molecule has 1 aromatic heterocycles. The molecule has 0 bridgehead atoms. The van der Waals surface area contributed by atoms with Crippen LogP contribution in [0.2, 0.25) is 0 Å². The third kappa shape index (κ3) is 3.17. The Bertz CT molecular complexity index is 534. The van der Waals surface area contributed by atoms with Gasteiger partial charge >= 0.3 is 0 Å². The van der Waals surface area contributed by atoms with Crippen molar-refractivity contribution >= 4 is 21.7 Å². The predicted molar refractivity (Wildman–Crippen MR) is 67.1 cm³/mol. The SMILES string of the molecule is Nc1cccc(COc2cc(Br)ccc2F)n1. The minimum atomic E-state index is -0.405. The van der Waals surface area contributed by atoms with Gasteiger partial charge in [0.2, 0.25) is 0 Å². The summed E-state index contributed by atoms with van der Waals surface area (Å²) in [5.41, 5.74) is 6.19. The van der Waals surface area contributed by atoms with E-state index in [2.05, 4.69) is 20.9 Å². The molecule has 0 aliphatic carbocycles. The van der Waals surface area contributed by atoms with E-state index in [1.165, 1.54) is 6.07 Å². The van der Waals surface area contributed by atoms with Crippen LogP contribution in [-0.4, -0.2) is 4.98 Å². The fourth-order valence-corrected chi connectivity index (χ4v) is 1.66. The molecule has 0 aliphatic rings. The quantitative estimate of drug-likeness (QED) is 0.946. The van der Waals surface area contributed by atoms with E-state index in [0.29, 0.717) is 11.5 Å². The molecule has 0 amide bonds. The first-order chi connectivity index (χ1) is 8.15. The maximum atomic E-state index is 13.4. The number of nitrogens with zero attached hydrogens (tertiary/aromatic N) is 1. The van der Waals surface area contributed by atoms with Crippen molar-refractivity contribution in [2.75, 3.05) is 5.73 Å². The van der Waals surface area contributed by atoms with Crippen molar-refractivity contribution in [3.8, 4) is 5.75 Å². The average Bonchev–Trinajstić information content (AvgIpc) is 2.30. The Hall–Kier alpha value is -1.62. The summed E-state index contributed by atoms with van der Waals surface area (Å²) in [6.07, 6.45) is 0. The lowest BCUT2D eigenvalue weighted by Gasteiger charge is -2.07. The molecule has 3 nitrogen and oxygen atoms in total. The molecule has 1 heterocycles. The van der Waals surface area contributed by atoms with E-state index in [4.69, 9.17) is 10.5 Å². The molecule has 2 N–H and O–H groups in total. The van der Waals surface area contributed by atoms with E-state index >= 15 is 0 Å². The Labute approximate surface area is 107 Å². The second kappa shape index (κ2) is 5.14. The number of nitrogens with two attached hydrogens (primary N) is 1. The minimum absolute atomic E-state index is 0.179. The zero-order valence-corrected chi connectivity index (χ0v) is 10.4. The molecule has 1 aromatic carbocycles. The molecular weight excluding hydrogens is 287 g/mol. The first-order valence-electron chi connectivity index (χ1n) is 4.94. The minimum Gasteiger partial charge on any atom is -0.484 e. The largest absolute Gasteiger partial charge is 0.484 e. The van der Waals surface area contributed by atoms with Gasteiger partial charge in [-0.3, -0.25) is 0 Å². The number of halogens is 2. The number of pyridine rings is 1. The molecule has 0 spiro atoms. The standard InChI is InChI=1S/C12H10BrFN2O/c13-8-4-5-10(14)11(6-8)17-7-9-2-1-3-12(15)16-9/h1-6H,7H2,(H2,15,16). The van der Waals surface area contributed by atoms with Crippen molar-refractivity contribution < 1.29 is 9.13 Å². The zero-order chi connectivity index (χ0) is 12.3. The lowest BCUT2D eigenvalue weighted by atomic mass is 10.3. The number of hydrogen-bond donors (Lipinski definition) is 1. The topological polar surface area (TPSA) is 48.1 Å². The van der Waals surface area contributed by atoms with Crippen LogP contribution >= 0.6 is 15.9 Å². The van der Waals surface area contributed by atoms with Crippen LogP contribution < -0.4 is 10.5 Å². The predicted octanol–water partition coefficient (Wildman–Crippen LogP) is 3.14. The summed E-state index contributed by atoms with van der Waals surface area (Å²) in [6, 6.07) is 9.75. The van der Waals surface area contributed by atoms with Crippen LogP contribution in [0, 0.1) is 5.82 Å². The Kier molecular flexibility index (Phi) is 3.58. The molecule has 17 heavy (non-hydrogen) atoms. The average molecular weight is 297 g/mol. The molecule has 0 fully saturated rings. The molecule has 0 saturated heterocycles. The molecule has 2 aromatic rings. The van der Waals surface area contributed by atoms with Crippen molar-refractivity contribution in [3.05, 3.63) is 52.4 Å². The van der Waals surface area contributed by atoms with Crippen LogP contribution in [0.4, 0.5) is 10.2 Å². The highest BCUT2D eigenvalue weighted by Gasteiger charge is 2.04. The van der Waals surface area contributed by atoms with E-state index in [1.54, 1.807) is 30.3 Å². The van der Waals surface area contributed by atoms with E-state index in [1.807, 2.05) is 0 Å². The molecule has 0 unspecified atom stereocenters. The number of aromatic nitrogens is 1. The van der Waals surface area contributed by atoms with Crippen molar-refractivity contribution in [1.29, 1.82) is 0 Å². The van der Waals surface area contributed by atoms with Gasteiger partial charge < -0.3 is 10.5 Å². The zero-order valence-electron chi connectivity index (χ0n) is 8.86. The van der Waals surface area contributed by atoms with Crippen LogP contribution in [0.3, 0.4) is 0 Å². The summed E-state index contributed by atoms with van der Waals surface area (Å²) in [4.78, 5) is 4.06. The van der Waals surface area contributed by atoms with Gasteiger partial charge in [-0.15, -0.1) is 0 Å². The molecule has 0 atom stereocenters. The van der Waals surface area contributed by atoms with Crippen molar-refractivity contribution in [1.82, 2.24) is 4.98 Å². The van der Waals surface area contributed by atoms with E-state index < -0.39 is 5.82 Å². The number of ether oxygens (including phenoxy) is 1. The fraction of sp³-hybridized carbons (Fsp3) is 0.0833. The number of anilines is 1. The van der Waals surface area contributed by atoms with Gasteiger partial charge in [-0.25, -0.2) is 9.37 Å². The number of nitrogen functional groups attached to an aromatic ring is 1. The lowest BCUT2D eigenvalue weighted by Crippen LogP contribution is -2.01. The molecule has 0 radical (unpaired) electrons. The monoisotopic (exact) mass is 296 g/mol. The van der Waals surface area contributed by atoms with Crippen LogP contribution in [-0.2, 0) is 6.61 Å². The smallest absolute Gasteiger partial charge is 0.165 e. The van der Waals surface area contributed by atoms with Crippen LogP contribution in [0.1, 0.15) is 5.69 Å². The van der Waals surface area contributed by atoms with Crippen LogP contribution in [0.25, 0.3) is 0 Å². The molecule has 0 saturated carbocycles. The van der Waals surface area contributed by atoms with Gasteiger partial charge in [0.25, 0.3) is 0 Å². The Morgan fingerprint density at radius 3 is 2.88 bits per heavy atom. The van der Waals surface area contributed by atoms with Gasteiger partial charge in [-0.05, 0) is 30.3 Å². The van der Waals surface area contributed by atoms with E-state index in [9.17, 15) is 4.39 Å². The Morgan fingerprint density at radius 1 is 1.29 bits per heavy atom. The summed E-state index contributed by atoms with van der Waals surface area (Å²) in [6.45, 7) is 0.179. The summed E-state index contributed by atoms with van der Waals surface area (Å²) in [5, 5.41) is 0. The van der Waals surface area contributed by atoms with E-state index in [-0.39, 0.29) is 12.4 Å². The van der Waals surface area contributed by atoms with Crippen molar-refractivity contribution in [2.24, 2.45) is 0 Å². The Balaban J connectivity index is 2.09. The maximum Gasteiger partial charge on any atom is 0.165 e. The van der Waals surface area contributed by atoms with Gasteiger partial charge in [0, 0.05) is 4.47 Å². The Morgan fingerprint density at radius 2 is 2.12 bits per heavy atom. The number of benzene rings is 1. The van der Waals surface area contributed by atoms with Gasteiger partial charge in [0.1, 0.15) is 12.4 Å². The fourth-order valence-electron chi connectivity index (χ4n) is 1.32. The molecule has 0 aliphatic heterocycles. The number of hydrogen-bond acceptors (Lipinski definition) is 3. The maximum absolute atomic E-state index is 13.4. The van der Waals surface area contributed by atoms with Crippen molar-refractivity contribution in [2.45, 2.75) is 6.61 Å². The second-order valence-electron chi connectivity index (χ2n) is 3.42. The van der Waals surface area contributed by atoms with Gasteiger partial charge in [0.05, 0.1) is 5.69 Å². The molecule has 2 rings (SSSR count). The number of rotatable bonds is 3. The summed E-state index contributed by atoms with van der Waals surface area (Å²) >= 11 is 3.25. The lowest BCUT2D eigenvalue weighted by molar-refractivity contribution is 0.286. The van der Waals surface area contributed by atoms with Crippen LogP contribution in [0.15, 0.2) is 40.9 Å². The van der Waals surface area contributed by atoms with Crippen molar-refractivity contribution in [3.63, 3.8) is 0 Å². The second-order valence-corrected chi connectivity index (χ2v) is 4.33. The summed E-state index contributed by atoms with van der Waals surface area (Å²) in [5.74, 6) is 0.196. The van der Waals surface area contributed by atoms with Gasteiger partial charge in [0.15, 0.2) is 11.6 Å². The van der Waals surface area contributed by atoms with E-state index in [0.717, 1.165) is 4.47 Å². The molecule has 88 valence electrons. The summed E-state index contributed by atoms with van der Waals surface area (Å²) < 4.78 is 19.5. The van der Waals surface area contributed by atoms with Gasteiger partial charge in [-0.2, -0.15) is 0 Å². The third-order valence-corrected chi connectivity index (χ3v) is 2.59. The normalized spacial score (nSPS) is 10.2. The first-order valence-corrected chi connectivity index (χ1v) is 5.74.